The minimum Gasteiger partial charge on any atom is -0.508 e. The van der Waals surface area contributed by atoms with Crippen molar-refractivity contribution in [2.24, 2.45) is 0 Å². The van der Waals surface area contributed by atoms with Gasteiger partial charge in [-0.15, -0.1) is 0 Å². The number of hydrogen-bond donors (Lipinski definition) is 2. The third kappa shape index (κ3) is 1.53. The standard InChI is InChI=1S/C25H16O2/c26-21-13-5-9-17-15-7-1-3-11-19(15)25(23(17)21)20-12-4-2-8-16(20)18-10-6-14-22(27)24(18)25/h1-14,26-27H. The largest absolute Gasteiger partial charge is 0.508 e. The van der Waals surface area contributed by atoms with Crippen LogP contribution >= 0.6 is 0 Å². The van der Waals surface area contributed by atoms with Crippen LogP contribution in [0.4, 0.5) is 0 Å². The Hall–Kier alpha value is -3.52. The van der Waals surface area contributed by atoms with Gasteiger partial charge in [-0.05, 0) is 45.5 Å². The Kier molecular flexibility index (Phi) is 2.60. The van der Waals surface area contributed by atoms with Crippen molar-refractivity contribution >= 4 is 0 Å². The van der Waals surface area contributed by atoms with Gasteiger partial charge in [0.15, 0.2) is 0 Å². The lowest BCUT2D eigenvalue weighted by Crippen LogP contribution is -2.26. The van der Waals surface area contributed by atoms with E-state index < -0.39 is 5.41 Å². The maximum atomic E-state index is 11.0. The molecule has 0 saturated carbocycles. The van der Waals surface area contributed by atoms with E-state index in [1.165, 1.54) is 0 Å². The number of benzene rings is 4. The van der Waals surface area contributed by atoms with Crippen LogP contribution in [0.1, 0.15) is 22.3 Å². The molecular formula is C25H16O2. The Morgan fingerprint density at radius 3 is 1.33 bits per heavy atom. The van der Waals surface area contributed by atoms with Crippen LogP contribution in [0.25, 0.3) is 22.3 Å². The molecule has 6 rings (SSSR count). The minimum atomic E-state index is -0.700. The van der Waals surface area contributed by atoms with E-state index in [0.29, 0.717) is 0 Å². The van der Waals surface area contributed by atoms with Crippen LogP contribution in [0.2, 0.25) is 0 Å². The molecule has 0 saturated heterocycles. The Morgan fingerprint density at radius 2 is 0.852 bits per heavy atom. The highest BCUT2D eigenvalue weighted by Crippen LogP contribution is 2.65. The second-order valence-corrected chi connectivity index (χ2v) is 7.24. The quantitative estimate of drug-likeness (QED) is 0.384. The molecule has 0 radical (unpaired) electrons. The summed E-state index contributed by atoms with van der Waals surface area (Å²) in [6.45, 7) is 0. The van der Waals surface area contributed by atoms with E-state index in [4.69, 9.17) is 0 Å². The first kappa shape index (κ1) is 14.6. The zero-order chi connectivity index (χ0) is 18.2. The highest BCUT2D eigenvalue weighted by atomic mass is 16.3. The lowest BCUT2D eigenvalue weighted by molar-refractivity contribution is 0.451. The van der Waals surface area contributed by atoms with Gasteiger partial charge in [0.25, 0.3) is 0 Å². The molecule has 1 spiro atoms. The fraction of sp³-hybridized carbons (Fsp3) is 0.0400. The van der Waals surface area contributed by atoms with Crippen LogP contribution in [0.15, 0.2) is 84.9 Å². The Morgan fingerprint density at radius 1 is 0.444 bits per heavy atom. The molecule has 0 amide bonds. The highest BCUT2D eigenvalue weighted by Gasteiger charge is 2.54. The van der Waals surface area contributed by atoms with Crippen LogP contribution in [-0.2, 0) is 5.41 Å². The third-order valence-corrected chi connectivity index (χ3v) is 6.08. The smallest absolute Gasteiger partial charge is 0.120 e. The topological polar surface area (TPSA) is 40.5 Å². The summed E-state index contributed by atoms with van der Waals surface area (Å²) < 4.78 is 0. The third-order valence-electron chi connectivity index (χ3n) is 6.08. The molecular weight excluding hydrogens is 332 g/mol. The van der Waals surface area contributed by atoms with Gasteiger partial charge in [-0.1, -0.05) is 72.8 Å². The van der Waals surface area contributed by atoms with Crippen LogP contribution < -0.4 is 0 Å². The van der Waals surface area contributed by atoms with Crippen molar-refractivity contribution in [3.05, 3.63) is 107 Å². The fourth-order valence-corrected chi connectivity index (χ4v) is 5.22. The average molecular weight is 348 g/mol. The molecule has 2 aliphatic carbocycles. The van der Waals surface area contributed by atoms with Crippen molar-refractivity contribution in [3.8, 4) is 33.8 Å². The first-order valence-corrected chi connectivity index (χ1v) is 9.09. The van der Waals surface area contributed by atoms with E-state index in [1.807, 2.05) is 36.4 Å². The summed E-state index contributed by atoms with van der Waals surface area (Å²) in [5, 5.41) is 22.0. The number of hydrogen-bond acceptors (Lipinski definition) is 2. The van der Waals surface area contributed by atoms with Crippen molar-refractivity contribution in [2.75, 3.05) is 0 Å². The number of aromatic hydroxyl groups is 2. The molecule has 0 aliphatic heterocycles. The summed E-state index contributed by atoms with van der Waals surface area (Å²) >= 11 is 0. The number of fused-ring (bicyclic) bond motifs is 10. The maximum Gasteiger partial charge on any atom is 0.120 e. The van der Waals surface area contributed by atoms with Crippen molar-refractivity contribution in [1.29, 1.82) is 0 Å². The van der Waals surface area contributed by atoms with Crippen LogP contribution in [0, 0.1) is 0 Å². The molecule has 4 aromatic carbocycles. The number of rotatable bonds is 0. The predicted molar refractivity (Wildman–Crippen MR) is 106 cm³/mol. The van der Waals surface area contributed by atoms with Gasteiger partial charge in [-0.3, -0.25) is 0 Å². The minimum absolute atomic E-state index is 0.259. The molecule has 0 unspecified atom stereocenters. The molecule has 0 fully saturated rings. The van der Waals surface area contributed by atoms with Crippen LogP contribution in [0.5, 0.6) is 11.5 Å². The summed E-state index contributed by atoms with van der Waals surface area (Å²) in [6, 6.07) is 27.9. The molecule has 0 aromatic heterocycles. The summed E-state index contributed by atoms with van der Waals surface area (Å²) in [5.74, 6) is 0.518. The summed E-state index contributed by atoms with van der Waals surface area (Å²) in [4.78, 5) is 0. The van der Waals surface area contributed by atoms with E-state index in [0.717, 1.165) is 44.5 Å². The van der Waals surface area contributed by atoms with Crippen molar-refractivity contribution < 1.29 is 10.2 Å². The van der Waals surface area contributed by atoms with Gasteiger partial charge in [-0.25, -0.2) is 0 Å². The summed E-state index contributed by atoms with van der Waals surface area (Å²) in [6.07, 6.45) is 0. The molecule has 128 valence electrons. The molecule has 27 heavy (non-hydrogen) atoms. The molecule has 2 nitrogen and oxygen atoms in total. The van der Waals surface area contributed by atoms with Gasteiger partial charge in [0.05, 0.1) is 5.41 Å². The van der Waals surface area contributed by atoms with Gasteiger partial charge in [0, 0.05) is 11.1 Å². The normalized spacial score (nSPS) is 14.5. The number of phenols is 2. The SMILES string of the molecule is Oc1cccc2c1C1(c3ccccc3-2)c2ccccc2-c2cccc(O)c21. The average Bonchev–Trinajstić information content (AvgIpc) is 3.17. The van der Waals surface area contributed by atoms with Crippen LogP contribution in [0.3, 0.4) is 0 Å². The zero-order valence-corrected chi connectivity index (χ0v) is 14.5. The van der Waals surface area contributed by atoms with Crippen molar-refractivity contribution in [2.45, 2.75) is 5.41 Å². The van der Waals surface area contributed by atoms with Gasteiger partial charge in [0.2, 0.25) is 0 Å². The van der Waals surface area contributed by atoms with E-state index in [1.54, 1.807) is 12.1 Å². The second kappa shape index (κ2) is 4.80. The molecule has 2 N–H and O–H groups in total. The van der Waals surface area contributed by atoms with Gasteiger partial charge < -0.3 is 10.2 Å². The monoisotopic (exact) mass is 348 g/mol. The predicted octanol–water partition coefficient (Wildman–Crippen LogP) is 5.44. The molecule has 0 bridgehead atoms. The zero-order valence-electron chi connectivity index (χ0n) is 14.5. The van der Waals surface area contributed by atoms with Crippen molar-refractivity contribution in [1.82, 2.24) is 0 Å². The fourth-order valence-electron chi connectivity index (χ4n) is 5.22. The summed E-state index contributed by atoms with van der Waals surface area (Å²) in [5.41, 5.74) is 7.49. The lowest BCUT2D eigenvalue weighted by atomic mass is 9.70. The Balaban J connectivity index is 1.92. The van der Waals surface area contributed by atoms with E-state index in [2.05, 4.69) is 36.4 Å². The lowest BCUT2D eigenvalue weighted by Gasteiger charge is -2.31. The van der Waals surface area contributed by atoms with Crippen LogP contribution in [-0.4, -0.2) is 10.2 Å². The molecule has 2 heteroatoms. The van der Waals surface area contributed by atoms with E-state index in [9.17, 15) is 10.2 Å². The van der Waals surface area contributed by atoms with E-state index >= 15 is 0 Å². The van der Waals surface area contributed by atoms with Gasteiger partial charge in [0.1, 0.15) is 11.5 Å². The Labute approximate surface area is 157 Å². The molecule has 2 aliphatic rings. The Bertz CT molecular complexity index is 1150. The molecule has 0 atom stereocenters. The molecule has 0 heterocycles. The maximum absolute atomic E-state index is 11.0. The summed E-state index contributed by atoms with van der Waals surface area (Å²) in [7, 11) is 0. The number of phenolic OH excluding ortho intramolecular Hbond substituents is 2. The molecule has 4 aromatic rings. The first-order valence-electron chi connectivity index (χ1n) is 9.09. The van der Waals surface area contributed by atoms with Gasteiger partial charge >= 0.3 is 0 Å². The second-order valence-electron chi connectivity index (χ2n) is 7.24. The van der Waals surface area contributed by atoms with E-state index in [-0.39, 0.29) is 11.5 Å². The first-order chi connectivity index (χ1) is 13.2. The van der Waals surface area contributed by atoms with Gasteiger partial charge in [-0.2, -0.15) is 0 Å². The highest BCUT2D eigenvalue weighted by molar-refractivity contribution is 5.97. The van der Waals surface area contributed by atoms with Crippen molar-refractivity contribution in [3.63, 3.8) is 0 Å².